The molecule has 0 heterocycles. The highest BCUT2D eigenvalue weighted by atomic mass is 35.5. The van der Waals surface area contributed by atoms with E-state index in [2.05, 4.69) is 12.2 Å². The van der Waals surface area contributed by atoms with Gasteiger partial charge in [-0.25, -0.2) is 0 Å². The summed E-state index contributed by atoms with van der Waals surface area (Å²) in [7, 11) is 0. The third kappa shape index (κ3) is 1.05. The Balaban J connectivity index is 2.10. The zero-order valence-corrected chi connectivity index (χ0v) is 9.91. The van der Waals surface area contributed by atoms with Crippen LogP contribution in [0, 0.1) is 29.1 Å². The molecule has 0 aromatic rings. The first-order valence-corrected chi connectivity index (χ1v) is 6.10. The van der Waals surface area contributed by atoms with Crippen LogP contribution >= 0.6 is 23.2 Å². The number of rotatable bonds is 2. The van der Waals surface area contributed by atoms with E-state index >= 15 is 0 Å². The first kappa shape index (κ1) is 10.5. The van der Waals surface area contributed by atoms with E-state index in [1.807, 2.05) is 6.08 Å². The Morgan fingerprint density at radius 3 is 2.31 bits per heavy atom. The van der Waals surface area contributed by atoms with Crippen LogP contribution in [0.1, 0.15) is 6.42 Å². The molecule has 3 aliphatic carbocycles. The first-order valence-electron chi connectivity index (χ1n) is 5.35. The van der Waals surface area contributed by atoms with Gasteiger partial charge in [-0.2, -0.15) is 0 Å². The van der Waals surface area contributed by atoms with E-state index in [0.29, 0.717) is 5.92 Å². The molecular formula is C12H10Cl2O2. The van der Waals surface area contributed by atoms with Gasteiger partial charge in [-0.15, -0.1) is 0 Å². The largest absolute Gasteiger partial charge is 0.280 e. The Kier molecular flexibility index (Phi) is 2.11. The van der Waals surface area contributed by atoms with Crippen LogP contribution in [0.3, 0.4) is 0 Å². The van der Waals surface area contributed by atoms with E-state index in [1.165, 1.54) is 0 Å². The Bertz CT molecular complexity index is 424. The lowest BCUT2D eigenvalue weighted by atomic mass is 9.71. The first-order chi connectivity index (χ1) is 7.57. The third-order valence-electron chi connectivity index (χ3n) is 4.28. The van der Waals surface area contributed by atoms with Crippen molar-refractivity contribution in [1.29, 1.82) is 0 Å². The fourth-order valence-electron chi connectivity index (χ4n) is 3.61. The number of allylic oxidation sites excluding steroid dienone is 4. The highest BCUT2D eigenvalue weighted by Crippen LogP contribution is 2.60. The van der Waals surface area contributed by atoms with Gasteiger partial charge in [0.2, 0.25) is 10.5 Å². The summed E-state index contributed by atoms with van der Waals surface area (Å²) in [5.74, 6) is 0.897. The Morgan fingerprint density at radius 2 is 1.69 bits per heavy atom. The molecule has 0 spiro atoms. The second kappa shape index (κ2) is 3.21. The monoisotopic (exact) mass is 256 g/mol. The summed E-state index contributed by atoms with van der Waals surface area (Å²) in [6, 6.07) is 0. The SMILES string of the molecule is O=C(Cl)C1(C(=O)Cl)C=CC2C3C=CC(C3)C21. The topological polar surface area (TPSA) is 34.1 Å². The molecule has 16 heavy (non-hydrogen) atoms. The molecule has 4 atom stereocenters. The molecule has 0 N–H and O–H groups in total. The van der Waals surface area contributed by atoms with E-state index in [4.69, 9.17) is 23.2 Å². The highest BCUT2D eigenvalue weighted by Gasteiger charge is 2.61. The molecule has 4 unspecified atom stereocenters. The predicted molar refractivity (Wildman–Crippen MR) is 61.0 cm³/mol. The van der Waals surface area contributed by atoms with Crippen LogP contribution in [0.25, 0.3) is 0 Å². The lowest BCUT2D eigenvalue weighted by Crippen LogP contribution is -2.41. The van der Waals surface area contributed by atoms with Crippen molar-refractivity contribution in [2.75, 3.05) is 0 Å². The molecule has 2 nitrogen and oxygen atoms in total. The van der Waals surface area contributed by atoms with Crippen LogP contribution in [-0.2, 0) is 9.59 Å². The zero-order valence-electron chi connectivity index (χ0n) is 8.40. The maximum Gasteiger partial charge on any atom is 0.240 e. The fraction of sp³-hybridized carbons (Fsp3) is 0.500. The fourth-order valence-corrected chi connectivity index (χ4v) is 4.21. The van der Waals surface area contributed by atoms with Crippen molar-refractivity contribution in [1.82, 2.24) is 0 Å². The van der Waals surface area contributed by atoms with Crippen LogP contribution in [0.5, 0.6) is 0 Å². The molecule has 4 heteroatoms. The third-order valence-corrected chi connectivity index (χ3v) is 4.90. The van der Waals surface area contributed by atoms with Gasteiger partial charge < -0.3 is 0 Å². The number of carbonyl (C=O) groups is 2. The van der Waals surface area contributed by atoms with E-state index < -0.39 is 15.9 Å². The normalized spacial score (nSPS) is 41.4. The van der Waals surface area contributed by atoms with Crippen molar-refractivity contribution in [3.05, 3.63) is 24.3 Å². The van der Waals surface area contributed by atoms with Crippen LogP contribution in [0.2, 0.25) is 0 Å². The maximum atomic E-state index is 11.6. The van der Waals surface area contributed by atoms with Gasteiger partial charge >= 0.3 is 0 Å². The molecule has 0 aromatic carbocycles. The van der Waals surface area contributed by atoms with Crippen LogP contribution in [0.4, 0.5) is 0 Å². The van der Waals surface area contributed by atoms with Gasteiger partial charge in [-0.3, -0.25) is 9.59 Å². The van der Waals surface area contributed by atoms with Crippen LogP contribution in [0.15, 0.2) is 24.3 Å². The van der Waals surface area contributed by atoms with Crippen LogP contribution in [-0.4, -0.2) is 10.5 Å². The maximum absolute atomic E-state index is 11.6. The number of fused-ring (bicyclic) bond motifs is 5. The molecule has 2 bridgehead atoms. The molecule has 0 aromatic heterocycles. The van der Waals surface area contributed by atoms with Crippen molar-refractivity contribution in [2.45, 2.75) is 6.42 Å². The second-order valence-electron chi connectivity index (χ2n) is 4.83. The molecule has 3 aliphatic rings. The summed E-state index contributed by atoms with van der Waals surface area (Å²) in [6.45, 7) is 0. The van der Waals surface area contributed by atoms with Gasteiger partial charge in [0, 0.05) is 0 Å². The zero-order chi connectivity index (χ0) is 11.5. The summed E-state index contributed by atoms with van der Waals surface area (Å²) >= 11 is 11.2. The van der Waals surface area contributed by atoms with Gasteiger partial charge in [0.1, 0.15) is 5.41 Å². The summed E-state index contributed by atoms with van der Waals surface area (Å²) in [6.07, 6.45) is 8.84. The molecule has 3 rings (SSSR count). The Labute approximate surface area is 103 Å². The summed E-state index contributed by atoms with van der Waals surface area (Å²) in [4.78, 5) is 23.2. The van der Waals surface area contributed by atoms with Crippen molar-refractivity contribution in [3.63, 3.8) is 0 Å². The van der Waals surface area contributed by atoms with Crippen molar-refractivity contribution in [2.24, 2.45) is 29.1 Å². The smallest absolute Gasteiger partial charge is 0.240 e. The molecular weight excluding hydrogens is 247 g/mol. The quantitative estimate of drug-likeness (QED) is 0.432. The van der Waals surface area contributed by atoms with E-state index in [1.54, 1.807) is 6.08 Å². The van der Waals surface area contributed by atoms with Crippen LogP contribution < -0.4 is 0 Å². The minimum Gasteiger partial charge on any atom is -0.280 e. The average molecular weight is 257 g/mol. The summed E-state index contributed by atoms with van der Waals surface area (Å²) < 4.78 is 0. The van der Waals surface area contributed by atoms with Gasteiger partial charge in [0.25, 0.3) is 0 Å². The summed E-state index contributed by atoms with van der Waals surface area (Å²) in [5, 5.41) is -1.28. The average Bonchev–Trinajstić information content (AvgIpc) is 2.89. The van der Waals surface area contributed by atoms with E-state index in [0.717, 1.165) is 6.42 Å². The van der Waals surface area contributed by atoms with E-state index in [9.17, 15) is 9.59 Å². The van der Waals surface area contributed by atoms with Crippen molar-refractivity contribution >= 4 is 33.7 Å². The van der Waals surface area contributed by atoms with Crippen molar-refractivity contribution < 1.29 is 9.59 Å². The standard InChI is InChI=1S/C12H10Cl2O2/c13-10(15)12(11(14)16)4-3-8-6-1-2-7(5-6)9(8)12/h1-4,6-9H,5H2. The minimum absolute atomic E-state index is 0.0579. The lowest BCUT2D eigenvalue weighted by molar-refractivity contribution is -0.131. The molecule has 0 saturated heterocycles. The highest BCUT2D eigenvalue weighted by molar-refractivity contribution is 6.75. The molecule has 1 fully saturated rings. The molecule has 1 saturated carbocycles. The predicted octanol–water partition coefficient (Wildman–Crippen LogP) is 2.51. The van der Waals surface area contributed by atoms with Gasteiger partial charge in [-0.1, -0.05) is 24.3 Å². The number of carbonyl (C=O) groups excluding carboxylic acids is 2. The van der Waals surface area contributed by atoms with Crippen molar-refractivity contribution in [3.8, 4) is 0 Å². The molecule has 0 amide bonds. The van der Waals surface area contributed by atoms with E-state index in [-0.39, 0.29) is 17.8 Å². The minimum atomic E-state index is -1.28. The Hall–Kier alpha value is -0.600. The molecule has 84 valence electrons. The lowest BCUT2D eigenvalue weighted by Gasteiger charge is -2.32. The molecule has 0 radical (unpaired) electrons. The number of halogens is 2. The Morgan fingerprint density at radius 1 is 1.06 bits per heavy atom. The number of hydrogen-bond donors (Lipinski definition) is 0. The second-order valence-corrected chi connectivity index (χ2v) is 5.51. The number of hydrogen-bond acceptors (Lipinski definition) is 2. The van der Waals surface area contributed by atoms with Gasteiger partial charge in [0.15, 0.2) is 0 Å². The van der Waals surface area contributed by atoms with Gasteiger partial charge in [0.05, 0.1) is 0 Å². The van der Waals surface area contributed by atoms with Gasteiger partial charge in [-0.05, 0) is 53.3 Å². The summed E-state index contributed by atoms with van der Waals surface area (Å²) in [5.41, 5.74) is -1.28. The molecule has 0 aliphatic heterocycles.